The van der Waals surface area contributed by atoms with Gasteiger partial charge in [0.1, 0.15) is 5.75 Å². The summed E-state index contributed by atoms with van der Waals surface area (Å²) in [6.07, 6.45) is -5.43. The predicted octanol–water partition coefficient (Wildman–Crippen LogP) is 1.15. The van der Waals surface area contributed by atoms with Crippen molar-refractivity contribution < 1.29 is 35.7 Å². The minimum atomic E-state index is -5.09. The summed E-state index contributed by atoms with van der Waals surface area (Å²) in [5.41, 5.74) is -3.24. The Labute approximate surface area is 90.3 Å². The fourth-order valence-corrected chi connectivity index (χ4v) is 1.76. The van der Waals surface area contributed by atoms with E-state index in [0.29, 0.717) is 6.92 Å². The topological polar surface area (TPSA) is 80.7 Å². The van der Waals surface area contributed by atoms with E-state index in [4.69, 9.17) is 4.55 Å². The number of hydrogen-bond donors (Lipinski definition) is 1. The van der Waals surface area contributed by atoms with Gasteiger partial charge in [0.25, 0.3) is 10.1 Å². The first-order chi connectivity index (χ1) is 6.91. The van der Waals surface area contributed by atoms with Crippen LogP contribution in [-0.4, -0.2) is 36.5 Å². The zero-order valence-electron chi connectivity index (χ0n) is 8.54. The fraction of sp³-hybridized carbons (Fsp3) is 0.857. The van der Waals surface area contributed by atoms with E-state index in [1.807, 2.05) is 0 Å². The Morgan fingerprint density at radius 1 is 1.38 bits per heavy atom. The second-order valence-electron chi connectivity index (χ2n) is 3.28. The van der Waals surface area contributed by atoms with Gasteiger partial charge in [0.15, 0.2) is 0 Å². The van der Waals surface area contributed by atoms with Gasteiger partial charge in [0.2, 0.25) is 5.60 Å². The molecule has 0 fully saturated rings. The Hall–Kier alpha value is -0.830. The molecule has 0 aliphatic carbocycles. The Balaban J connectivity index is 5.14. The minimum absolute atomic E-state index is 0.336. The Morgan fingerprint density at radius 2 is 1.81 bits per heavy atom. The molecule has 0 aromatic carbocycles. The van der Waals surface area contributed by atoms with Crippen molar-refractivity contribution >= 4 is 16.1 Å². The van der Waals surface area contributed by atoms with E-state index in [1.165, 1.54) is 6.92 Å². The number of halogens is 3. The molecule has 9 heteroatoms. The molecule has 96 valence electrons. The van der Waals surface area contributed by atoms with Gasteiger partial charge in [-0.3, -0.25) is 9.35 Å². The molecule has 0 amide bonds. The van der Waals surface area contributed by atoms with Crippen LogP contribution in [0.15, 0.2) is 0 Å². The maximum atomic E-state index is 12.5. The SMILES string of the molecule is CCC(=O)OC(C)(CS(=O)(=O)O)C(F)(F)F. The second kappa shape index (κ2) is 4.58. The van der Waals surface area contributed by atoms with Gasteiger partial charge in [-0.2, -0.15) is 21.6 Å². The quantitative estimate of drug-likeness (QED) is 0.608. The molecule has 1 N–H and O–H groups in total. The Kier molecular flexibility index (Phi) is 4.34. The molecule has 1 atom stereocenters. The summed E-state index contributed by atoms with van der Waals surface area (Å²) in [5, 5.41) is 0. The second-order valence-corrected chi connectivity index (χ2v) is 4.73. The highest BCUT2D eigenvalue weighted by Gasteiger charge is 2.56. The molecule has 0 rings (SSSR count). The fourth-order valence-electron chi connectivity index (χ4n) is 0.841. The lowest BCUT2D eigenvalue weighted by atomic mass is 10.1. The molecule has 0 aliphatic heterocycles. The summed E-state index contributed by atoms with van der Waals surface area (Å²) < 4.78 is 70.7. The molecule has 0 aromatic rings. The third kappa shape index (κ3) is 4.35. The zero-order chi connectivity index (χ0) is 13.2. The molecule has 0 bridgehead atoms. The van der Waals surface area contributed by atoms with E-state index >= 15 is 0 Å². The maximum Gasteiger partial charge on any atom is 0.429 e. The molecule has 1 unspecified atom stereocenters. The lowest BCUT2D eigenvalue weighted by Crippen LogP contribution is -2.51. The molecular weight excluding hydrogens is 253 g/mol. The van der Waals surface area contributed by atoms with E-state index in [0.717, 1.165) is 0 Å². The van der Waals surface area contributed by atoms with Crippen molar-refractivity contribution in [3.63, 3.8) is 0 Å². The molecule has 16 heavy (non-hydrogen) atoms. The number of alkyl halides is 3. The van der Waals surface area contributed by atoms with E-state index in [1.54, 1.807) is 0 Å². The molecule has 0 saturated carbocycles. The first-order valence-corrected chi connectivity index (χ1v) is 5.76. The smallest absolute Gasteiger partial charge is 0.429 e. The lowest BCUT2D eigenvalue weighted by Gasteiger charge is -2.30. The molecule has 5 nitrogen and oxygen atoms in total. The summed E-state index contributed by atoms with van der Waals surface area (Å²) in [5.74, 6) is -2.93. The largest absolute Gasteiger partial charge is 0.448 e. The van der Waals surface area contributed by atoms with Crippen LogP contribution in [0.2, 0.25) is 0 Å². The van der Waals surface area contributed by atoms with Gasteiger partial charge in [-0.25, -0.2) is 0 Å². The average molecular weight is 264 g/mol. The van der Waals surface area contributed by atoms with E-state index in [-0.39, 0.29) is 6.42 Å². The molecule has 0 aliphatic rings. The maximum absolute atomic E-state index is 12.5. The van der Waals surface area contributed by atoms with Crippen LogP contribution >= 0.6 is 0 Å². The summed E-state index contributed by atoms with van der Waals surface area (Å²) in [7, 11) is -4.92. The van der Waals surface area contributed by atoms with Gasteiger partial charge < -0.3 is 4.74 Å². The van der Waals surface area contributed by atoms with Crippen molar-refractivity contribution in [1.29, 1.82) is 0 Å². The highest BCUT2D eigenvalue weighted by atomic mass is 32.2. The molecular formula is C7H11F3O5S. The number of hydrogen-bond acceptors (Lipinski definition) is 4. The molecule has 0 aromatic heterocycles. The van der Waals surface area contributed by atoms with Crippen LogP contribution < -0.4 is 0 Å². The number of esters is 1. The lowest BCUT2D eigenvalue weighted by molar-refractivity contribution is -0.255. The number of rotatable bonds is 4. The van der Waals surface area contributed by atoms with E-state index < -0.39 is 33.6 Å². The Morgan fingerprint density at radius 3 is 2.06 bits per heavy atom. The average Bonchev–Trinajstić information content (AvgIpc) is 1.98. The van der Waals surface area contributed by atoms with E-state index in [9.17, 15) is 26.4 Å². The molecule has 0 spiro atoms. The monoisotopic (exact) mass is 264 g/mol. The summed E-state index contributed by atoms with van der Waals surface area (Å²) in [6, 6.07) is 0. The standard InChI is InChI=1S/C7H11F3O5S/c1-3-5(11)15-6(2,7(8,9)10)4-16(12,13)14/h3-4H2,1-2H3,(H,12,13,14). The minimum Gasteiger partial charge on any atom is -0.448 e. The first kappa shape index (κ1) is 15.2. The summed E-state index contributed by atoms with van der Waals surface area (Å²) in [6.45, 7) is 1.64. The van der Waals surface area contributed by atoms with Crippen molar-refractivity contribution in [3.05, 3.63) is 0 Å². The van der Waals surface area contributed by atoms with Crippen LogP contribution in [0.5, 0.6) is 0 Å². The van der Waals surface area contributed by atoms with Crippen molar-refractivity contribution in [1.82, 2.24) is 0 Å². The van der Waals surface area contributed by atoms with Gasteiger partial charge in [-0.1, -0.05) is 6.92 Å². The Bertz CT molecular complexity index is 361. The van der Waals surface area contributed by atoms with Gasteiger partial charge in [0, 0.05) is 6.42 Å². The third-order valence-corrected chi connectivity index (χ3v) is 2.60. The highest BCUT2D eigenvalue weighted by molar-refractivity contribution is 7.85. The van der Waals surface area contributed by atoms with Crippen molar-refractivity contribution in [2.45, 2.75) is 32.0 Å². The van der Waals surface area contributed by atoms with Crippen LogP contribution in [0.1, 0.15) is 20.3 Å². The van der Waals surface area contributed by atoms with Gasteiger partial charge in [0.05, 0.1) is 0 Å². The number of carbonyl (C=O) groups is 1. The normalized spacial score (nSPS) is 16.6. The van der Waals surface area contributed by atoms with Crippen molar-refractivity contribution in [2.75, 3.05) is 5.75 Å². The molecule has 0 saturated heterocycles. The van der Waals surface area contributed by atoms with Crippen molar-refractivity contribution in [3.8, 4) is 0 Å². The number of carbonyl (C=O) groups excluding carboxylic acids is 1. The molecule has 0 heterocycles. The van der Waals surface area contributed by atoms with Gasteiger partial charge >= 0.3 is 12.1 Å². The van der Waals surface area contributed by atoms with Crippen molar-refractivity contribution in [2.24, 2.45) is 0 Å². The van der Waals surface area contributed by atoms with Crippen LogP contribution in [0, 0.1) is 0 Å². The van der Waals surface area contributed by atoms with Gasteiger partial charge in [-0.05, 0) is 6.92 Å². The summed E-state index contributed by atoms with van der Waals surface area (Å²) >= 11 is 0. The van der Waals surface area contributed by atoms with Crippen LogP contribution in [0.25, 0.3) is 0 Å². The van der Waals surface area contributed by atoms with Crippen LogP contribution in [-0.2, 0) is 19.6 Å². The number of ether oxygens (including phenoxy) is 1. The zero-order valence-corrected chi connectivity index (χ0v) is 9.35. The van der Waals surface area contributed by atoms with Gasteiger partial charge in [-0.15, -0.1) is 0 Å². The van der Waals surface area contributed by atoms with E-state index in [2.05, 4.69) is 4.74 Å². The van der Waals surface area contributed by atoms with Crippen LogP contribution in [0.3, 0.4) is 0 Å². The highest BCUT2D eigenvalue weighted by Crippen LogP contribution is 2.34. The third-order valence-electron chi connectivity index (χ3n) is 1.69. The first-order valence-electron chi connectivity index (χ1n) is 4.15. The predicted molar refractivity (Wildman–Crippen MR) is 47.3 cm³/mol. The molecule has 0 radical (unpaired) electrons. The summed E-state index contributed by atoms with van der Waals surface area (Å²) in [4.78, 5) is 10.8. The van der Waals surface area contributed by atoms with Crippen LogP contribution in [0.4, 0.5) is 13.2 Å².